The van der Waals surface area contributed by atoms with Gasteiger partial charge in [0.15, 0.2) is 11.6 Å². The predicted octanol–water partition coefficient (Wildman–Crippen LogP) is 3.62. The Bertz CT molecular complexity index is 1170. The van der Waals surface area contributed by atoms with E-state index < -0.39 is 11.6 Å². The van der Waals surface area contributed by atoms with Crippen LogP contribution in [0.25, 0.3) is 0 Å². The minimum atomic E-state index is -0.704. The lowest BCUT2D eigenvalue weighted by Crippen LogP contribution is -2.46. The van der Waals surface area contributed by atoms with Gasteiger partial charge in [-0.05, 0) is 49.1 Å². The molecule has 3 aliphatic rings. The Hall–Kier alpha value is -3.31. The third-order valence-corrected chi connectivity index (χ3v) is 6.73. The fraction of sp³-hybridized carbons (Fsp3) is 0.400. The highest BCUT2D eigenvalue weighted by molar-refractivity contribution is 6.23. The predicted molar refractivity (Wildman–Crippen MR) is 122 cm³/mol. The van der Waals surface area contributed by atoms with Crippen molar-refractivity contribution in [2.24, 2.45) is 10.9 Å². The summed E-state index contributed by atoms with van der Waals surface area (Å²) in [7, 11) is 0. The zero-order valence-electron chi connectivity index (χ0n) is 18.5. The van der Waals surface area contributed by atoms with Crippen LogP contribution in [-0.2, 0) is 11.3 Å². The molecule has 1 N–H and O–H groups in total. The number of halogens is 2. The number of hydrogen-bond acceptors (Lipinski definition) is 5. The summed E-state index contributed by atoms with van der Waals surface area (Å²) in [5, 5.41) is 12.0. The lowest BCUT2D eigenvalue weighted by molar-refractivity contribution is -0.118. The highest BCUT2D eigenvalue weighted by Gasteiger charge is 2.35. The number of anilines is 2. The van der Waals surface area contributed by atoms with Gasteiger partial charge in [0.25, 0.3) is 0 Å². The van der Waals surface area contributed by atoms with Crippen LogP contribution in [0.5, 0.6) is 0 Å². The van der Waals surface area contributed by atoms with Gasteiger partial charge in [0.1, 0.15) is 5.69 Å². The maximum Gasteiger partial charge on any atom is 0.233 e. The van der Waals surface area contributed by atoms with Gasteiger partial charge >= 0.3 is 0 Å². The van der Waals surface area contributed by atoms with Gasteiger partial charge in [0.05, 0.1) is 28.9 Å². The topological polar surface area (TPSA) is 71.7 Å². The Balaban J connectivity index is 1.30. The number of aliphatic imine (C=N–C) groups is 1. The zero-order valence-corrected chi connectivity index (χ0v) is 18.5. The van der Waals surface area contributed by atoms with E-state index in [2.05, 4.69) is 28.2 Å². The van der Waals surface area contributed by atoms with E-state index in [1.165, 1.54) is 0 Å². The van der Waals surface area contributed by atoms with Gasteiger partial charge < -0.3 is 10.2 Å². The molecular formula is C25H25F2N5O. The molecule has 170 valence electrons. The highest BCUT2D eigenvalue weighted by Crippen LogP contribution is 2.34. The summed E-state index contributed by atoms with van der Waals surface area (Å²) in [6.07, 6.45) is 1.78. The van der Waals surface area contributed by atoms with E-state index in [9.17, 15) is 13.6 Å². The summed E-state index contributed by atoms with van der Waals surface area (Å²) in [6.45, 7) is 5.78. The molecule has 0 spiro atoms. The molecule has 0 aromatic heterocycles. The number of amides is 1. The van der Waals surface area contributed by atoms with E-state index in [1.807, 2.05) is 6.07 Å². The maximum absolute atomic E-state index is 14.4. The molecule has 1 fully saturated rings. The van der Waals surface area contributed by atoms with Crippen molar-refractivity contribution >= 4 is 23.0 Å². The van der Waals surface area contributed by atoms with E-state index in [1.54, 1.807) is 11.0 Å². The summed E-state index contributed by atoms with van der Waals surface area (Å²) >= 11 is 0. The molecule has 1 unspecified atom stereocenters. The van der Waals surface area contributed by atoms with Crippen LogP contribution in [-0.4, -0.2) is 49.2 Å². The third-order valence-electron chi connectivity index (χ3n) is 6.73. The van der Waals surface area contributed by atoms with Gasteiger partial charge in [0.2, 0.25) is 5.91 Å². The molecule has 1 atom stereocenters. The quantitative estimate of drug-likeness (QED) is 0.777. The molecule has 3 heterocycles. The molecule has 5 rings (SSSR count). The largest absolute Gasteiger partial charge is 0.364 e. The van der Waals surface area contributed by atoms with Crippen LogP contribution in [0, 0.1) is 35.8 Å². The molecule has 0 saturated carbocycles. The number of piperazine rings is 1. The van der Waals surface area contributed by atoms with Crippen molar-refractivity contribution < 1.29 is 13.6 Å². The van der Waals surface area contributed by atoms with Crippen LogP contribution < -0.4 is 10.2 Å². The van der Waals surface area contributed by atoms with Crippen LogP contribution in [0.3, 0.4) is 0 Å². The number of rotatable bonds is 3. The number of carbonyl (C=O) groups is 1. The maximum atomic E-state index is 14.4. The molecule has 1 saturated heterocycles. The van der Waals surface area contributed by atoms with Crippen LogP contribution in [0.1, 0.15) is 35.1 Å². The average molecular weight is 450 g/mol. The van der Waals surface area contributed by atoms with Gasteiger partial charge in [-0.2, -0.15) is 5.26 Å². The summed E-state index contributed by atoms with van der Waals surface area (Å²) in [5.74, 6) is -1.53. The number of fused-ring (bicyclic) bond motifs is 3. The molecule has 3 aliphatic heterocycles. The second kappa shape index (κ2) is 8.56. The first-order valence-corrected chi connectivity index (χ1v) is 11.3. The standard InChI is InChI=1S/C25H25F2N5O/c1-15-9-17(12-21-22(15)23-18(25(33)30-21)3-2-4-29-23)14-31-5-7-32(8-6-31)24-19(26)10-16(13-28)11-20(24)27/h9-12,18H,2-8,14H2,1H3,(H,30,33). The second-order valence-corrected chi connectivity index (χ2v) is 8.95. The van der Waals surface area contributed by atoms with Gasteiger partial charge in [-0.15, -0.1) is 0 Å². The Morgan fingerprint density at radius 1 is 1.15 bits per heavy atom. The smallest absolute Gasteiger partial charge is 0.233 e. The molecule has 0 bridgehead atoms. The Labute approximate surface area is 191 Å². The van der Waals surface area contributed by atoms with Gasteiger partial charge in [-0.1, -0.05) is 6.07 Å². The van der Waals surface area contributed by atoms with Crippen LogP contribution in [0.15, 0.2) is 29.3 Å². The second-order valence-electron chi connectivity index (χ2n) is 8.95. The van der Waals surface area contributed by atoms with Crippen molar-refractivity contribution in [2.45, 2.75) is 26.3 Å². The summed E-state index contributed by atoms with van der Waals surface area (Å²) < 4.78 is 28.8. The number of aryl methyl sites for hydroxylation is 1. The average Bonchev–Trinajstić information content (AvgIpc) is 2.79. The number of nitrogens with one attached hydrogen (secondary N) is 1. The van der Waals surface area contributed by atoms with E-state index in [0.29, 0.717) is 32.7 Å². The van der Waals surface area contributed by atoms with Crippen LogP contribution >= 0.6 is 0 Å². The van der Waals surface area contributed by atoms with Crippen LogP contribution in [0.4, 0.5) is 20.2 Å². The van der Waals surface area contributed by atoms with E-state index >= 15 is 0 Å². The Morgan fingerprint density at radius 2 is 1.88 bits per heavy atom. The number of nitrogens with zero attached hydrogens (tertiary/aromatic N) is 4. The molecule has 8 heteroatoms. The lowest BCUT2D eigenvalue weighted by atomic mass is 9.83. The van der Waals surface area contributed by atoms with Crippen molar-refractivity contribution in [3.8, 4) is 6.07 Å². The summed E-state index contributed by atoms with van der Waals surface area (Å²) in [4.78, 5) is 21.2. The molecule has 2 aromatic carbocycles. The van der Waals surface area contributed by atoms with Crippen molar-refractivity contribution in [2.75, 3.05) is 42.9 Å². The highest BCUT2D eigenvalue weighted by atomic mass is 19.1. The molecule has 33 heavy (non-hydrogen) atoms. The number of hydrogen-bond donors (Lipinski definition) is 1. The summed E-state index contributed by atoms with van der Waals surface area (Å²) in [5.41, 5.74) is 4.91. The Morgan fingerprint density at radius 3 is 2.58 bits per heavy atom. The first-order valence-electron chi connectivity index (χ1n) is 11.3. The molecule has 2 aromatic rings. The minimum Gasteiger partial charge on any atom is -0.364 e. The van der Waals surface area contributed by atoms with Crippen molar-refractivity contribution in [3.05, 3.63) is 58.2 Å². The van der Waals surface area contributed by atoms with Gasteiger partial charge in [0, 0.05) is 44.8 Å². The third kappa shape index (κ3) is 3.98. The molecule has 0 radical (unpaired) electrons. The normalized spacial score (nSPS) is 20.4. The Kier molecular flexibility index (Phi) is 5.59. The molecule has 1 amide bonds. The van der Waals surface area contributed by atoms with E-state index in [4.69, 9.17) is 5.26 Å². The van der Waals surface area contributed by atoms with Crippen LogP contribution in [0.2, 0.25) is 0 Å². The fourth-order valence-corrected chi connectivity index (χ4v) is 5.18. The van der Waals surface area contributed by atoms with E-state index in [0.717, 1.165) is 59.6 Å². The van der Waals surface area contributed by atoms with Crippen molar-refractivity contribution in [1.82, 2.24) is 4.90 Å². The summed E-state index contributed by atoms with van der Waals surface area (Å²) in [6, 6.07) is 8.11. The first-order chi connectivity index (χ1) is 15.9. The molecular weight excluding hydrogens is 424 g/mol. The van der Waals surface area contributed by atoms with Crippen molar-refractivity contribution in [3.63, 3.8) is 0 Å². The lowest BCUT2D eigenvalue weighted by Gasteiger charge is -2.36. The molecule has 6 nitrogen and oxygen atoms in total. The van der Waals surface area contributed by atoms with Gasteiger partial charge in [-0.25, -0.2) is 8.78 Å². The zero-order chi connectivity index (χ0) is 23.1. The fourth-order valence-electron chi connectivity index (χ4n) is 5.18. The first kappa shape index (κ1) is 21.5. The number of benzene rings is 2. The minimum absolute atomic E-state index is 0.0206. The molecule has 0 aliphatic carbocycles. The number of nitriles is 1. The van der Waals surface area contributed by atoms with E-state index in [-0.39, 0.29) is 23.1 Å². The monoisotopic (exact) mass is 449 g/mol. The van der Waals surface area contributed by atoms with Crippen molar-refractivity contribution in [1.29, 1.82) is 5.26 Å². The number of carbonyl (C=O) groups excluding carboxylic acids is 1. The SMILES string of the molecule is Cc1cc(CN2CCN(c3c(F)cc(C#N)cc3F)CC2)cc2c1C1=NCCCC1C(=O)N2. The van der Waals surface area contributed by atoms with Gasteiger partial charge in [-0.3, -0.25) is 14.7 Å².